The van der Waals surface area contributed by atoms with Gasteiger partial charge in [-0.1, -0.05) is 26.7 Å². The normalized spacial score (nSPS) is 15.5. The zero-order chi connectivity index (χ0) is 11.1. The van der Waals surface area contributed by atoms with Gasteiger partial charge in [0.15, 0.2) is 0 Å². The zero-order valence-electron chi connectivity index (χ0n) is 9.29. The Morgan fingerprint density at radius 2 is 1.93 bits per heavy atom. The van der Waals surface area contributed by atoms with E-state index in [0.717, 1.165) is 12.8 Å². The number of rotatable bonds is 7. The summed E-state index contributed by atoms with van der Waals surface area (Å²) in [6, 6.07) is -0.470. The van der Waals surface area contributed by atoms with Crippen LogP contribution in [0.4, 0.5) is 0 Å². The third-order valence-corrected chi connectivity index (χ3v) is 2.73. The Kier molecular flexibility index (Phi) is 6.49. The van der Waals surface area contributed by atoms with Crippen molar-refractivity contribution >= 4 is 5.97 Å². The van der Waals surface area contributed by atoms with Gasteiger partial charge in [0, 0.05) is 12.6 Å². The summed E-state index contributed by atoms with van der Waals surface area (Å²) < 4.78 is 0. The molecule has 0 radical (unpaired) electrons. The van der Waals surface area contributed by atoms with Crippen LogP contribution in [-0.2, 0) is 4.79 Å². The number of nitrogens with two attached hydrogens (primary N) is 1. The molecule has 0 aliphatic heterocycles. The van der Waals surface area contributed by atoms with Gasteiger partial charge < -0.3 is 16.2 Å². The minimum atomic E-state index is -0.950. The molecule has 0 aromatic carbocycles. The third-order valence-electron chi connectivity index (χ3n) is 2.73. The van der Waals surface area contributed by atoms with Crippen LogP contribution in [0.2, 0.25) is 0 Å². The van der Waals surface area contributed by atoms with E-state index < -0.39 is 12.0 Å². The highest BCUT2D eigenvalue weighted by atomic mass is 16.4. The summed E-state index contributed by atoms with van der Waals surface area (Å²) in [6.45, 7) is 6.70. The number of hydrogen-bond donors (Lipinski definition) is 3. The van der Waals surface area contributed by atoms with Crippen LogP contribution in [0.1, 0.15) is 33.6 Å². The average molecular weight is 202 g/mol. The minimum Gasteiger partial charge on any atom is -0.480 e. The Bertz CT molecular complexity index is 170. The molecule has 4 heteroatoms. The number of hydrogen-bond acceptors (Lipinski definition) is 3. The van der Waals surface area contributed by atoms with Crippen molar-refractivity contribution in [2.75, 3.05) is 6.54 Å². The second-order valence-corrected chi connectivity index (χ2v) is 3.72. The van der Waals surface area contributed by atoms with Crippen LogP contribution in [-0.4, -0.2) is 29.7 Å². The molecule has 4 nitrogen and oxygen atoms in total. The summed E-state index contributed by atoms with van der Waals surface area (Å²) >= 11 is 0. The van der Waals surface area contributed by atoms with Gasteiger partial charge >= 0.3 is 5.97 Å². The SMILES string of the molecule is CCC(CC)C(C)NCC(N)C(=O)O. The Labute approximate surface area is 85.9 Å². The molecule has 2 atom stereocenters. The molecule has 4 N–H and O–H groups in total. The molecular formula is C10H22N2O2. The fourth-order valence-electron chi connectivity index (χ4n) is 1.56. The third kappa shape index (κ3) is 4.58. The summed E-state index contributed by atoms with van der Waals surface area (Å²) in [4.78, 5) is 10.5. The molecule has 0 saturated carbocycles. The zero-order valence-corrected chi connectivity index (χ0v) is 9.29. The lowest BCUT2D eigenvalue weighted by Gasteiger charge is -2.23. The largest absolute Gasteiger partial charge is 0.480 e. The van der Waals surface area contributed by atoms with Crippen LogP contribution in [0.15, 0.2) is 0 Å². The van der Waals surface area contributed by atoms with Crippen molar-refractivity contribution in [1.82, 2.24) is 5.32 Å². The van der Waals surface area contributed by atoms with E-state index in [9.17, 15) is 4.79 Å². The number of carboxylic acids is 1. The fraction of sp³-hybridized carbons (Fsp3) is 0.900. The predicted molar refractivity (Wildman–Crippen MR) is 57.1 cm³/mol. The van der Waals surface area contributed by atoms with Crippen LogP contribution in [0, 0.1) is 5.92 Å². The van der Waals surface area contributed by atoms with E-state index in [2.05, 4.69) is 26.1 Å². The molecule has 0 aromatic heterocycles. The molecule has 0 bridgehead atoms. The van der Waals surface area contributed by atoms with Crippen LogP contribution in [0.25, 0.3) is 0 Å². The number of aliphatic carboxylic acids is 1. The van der Waals surface area contributed by atoms with Crippen LogP contribution < -0.4 is 11.1 Å². The summed E-state index contributed by atoms with van der Waals surface area (Å²) in [5.74, 6) is -0.356. The Morgan fingerprint density at radius 3 is 2.29 bits per heavy atom. The Hall–Kier alpha value is -0.610. The van der Waals surface area contributed by atoms with Crippen molar-refractivity contribution in [3.05, 3.63) is 0 Å². The van der Waals surface area contributed by atoms with Gasteiger partial charge in [-0.3, -0.25) is 4.79 Å². The molecule has 0 fully saturated rings. The molecular weight excluding hydrogens is 180 g/mol. The molecule has 0 rings (SSSR count). The topological polar surface area (TPSA) is 75.3 Å². The van der Waals surface area contributed by atoms with Crippen molar-refractivity contribution < 1.29 is 9.90 Å². The van der Waals surface area contributed by atoms with Gasteiger partial charge in [0.2, 0.25) is 0 Å². The van der Waals surface area contributed by atoms with Gasteiger partial charge in [-0.05, 0) is 12.8 Å². The lowest BCUT2D eigenvalue weighted by atomic mass is 9.95. The Balaban J connectivity index is 3.82. The second-order valence-electron chi connectivity index (χ2n) is 3.72. The van der Waals surface area contributed by atoms with Crippen LogP contribution in [0.3, 0.4) is 0 Å². The quantitative estimate of drug-likeness (QED) is 0.571. The van der Waals surface area contributed by atoms with Gasteiger partial charge in [0.25, 0.3) is 0 Å². The van der Waals surface area contributed by atoms with E-state index in [1.165, 1.54) is 0 Å². The van der Waals surface area contributed by atoms with Gasteiger partial charge in [-0.2, -0.15) is 0 Å². The summed E-state index contributed by atoms with van der Waals surface area (Å²) in [7, 11) is 0. The first-order valence-electron chi connectivity index (χ1n) is 5.24. The predicted octanol–water partition coefficient (Wildman–Crippen LogP) is 0.813. The molecule has 0 saturated heterocycles. The summed E-state index contributed by atoms with van der Waals surface area (Å²) in [5.41, 5.74) is 5.39. The van der Waals surface area contributed by atoms with Crippen molar-refractivity contribution in [2.45, 2.75) is 45.7 Å². The molecule has 14 heavy (non-hydrogen) atoms. The van der Waals surface area contributed by atoms with Crippen LogP contribution in [0.5, 0.6) is 0 Å². The van der Waals surface area contributed by atoms with Crippen molar-refractivity contribution in [3.8, 4) is 0 Å². The second kappa shape index (κ2) is 6.79. The van der Waals surface area contributed by atoms with Crippen molar-refractivity contribution in [3.63, 3.8) is 0 Å². The smallest absolute Gasteiger partial charge is 0.321 e. The maximum Gasteiger partial charge on any atom is 0.321 e. The minimum absolute atomic E-state index is 0.329. The first-order valence-corrected chi connectivity index (χ1v) is 5.24. The van der Waals surface area contributed by atoms with Gasteiger partial charge in [0.1, 0.15) is 6.04 Å². The lowest BCUT2D eigenvalue weighted by molar-refractivity contribution is -0.138. The lowest BCUT2D eigenvalue weighted by Crippen LogP contribution is -2.45. The van der Waals surface area contributed by atoms with Gasteiger partial charge in [-0.25, -0.2) is 0 Å². The Morgan fingerprint density at radius 1 is 1.43 bits per heavy atom. The average Bonchev–Trinajstić information content (AvgIpc) is 2.15. The highest BCUT2D eigenvalue weighted by Gasteiger charge is 2.16. The fourth-order valence-corrected chi connectivity index (χ4v) is 1.56. The molecule has 0 aromatic rings. The highest BCUT2D eigenvalue weighted by Crippen LogP contribution is 2.12. The van der Waals surface area contributed by atoms with Crippen LogP contribution >= 0.6 is 0 Å². The van der Waals surface area contributed by atoms with E-state index in [1.807, 2.05) is 0 Å². The molecule has 0 aliphatic rings. The van der Waals surface area contributed by atoms with Crippen molar-refractivity contribution in [2.24, 2.45) is 11.7 Å². The van der Waals surface area contributed by atoms with E-state index in [1.54, 1.807) is 0 Å². The van der Waals surface area contributed by atoms with Crippen molar-refractivity contribution in [1.29, 1.82) is 0 Å². The molecule has 84 valence electrons. The first kappa shape index (κ1) is 13.4. The molecule has 2 unspecified atom stereocenters. The molecule has 0 amide bonds. The molecule has 0 aliphatic carbocycles. The summed E-state index contributed by atoms with van der Waals surface area (Å²) in [6.07, 6.45) is 2.21. The molecule has 0 spiro atoms. The molecule has 0 heterocycles. The monoisotopic (exact) mass is 202 g/mol. The first-order chi connectivity index (χ1) is 6.52. The van der Waals surface area contributed by atoms with E-state index in [-0.39, 0.29) is 0 Å². The number of carboxylic acid groups (broad SMARTS) is 1. The summed E-state index contributed by atoms with van der Waals surface area (Å²) in [5, 5.41) is 11.7. The van der Waals surface area contributed by atoms with Gasteiger partial charge in [-0.15, -0.1) is 0 Å². The highest BCUT2D eigenvalue weighted by molar-refractivity contribution is 5.73. The van der Waals surface area contributed by atoms with E-state index in [0.29, 0.717) is 18.5 Å². The number of carbonyl (C=O) groups is 1. The van der Waals surface area contributed by atoms with E-state index >= 15 is 0 Å². The maximum atomic E-state index is 10.5. The number of nitrogens with one attached hydrogen (secondary N) is 1. The van der Waals surface area contributed by atoms with Gasteiger partial charge in [0.05, 0.1) is 0 Å². The maximum absolute atomic E-state index is 10.5. The van der Waals surface area contributed by atoms with E-state index in [4.69, 9.17) is 10.8 Å². The standard InChI is InChI=1S/C10H22N2O2/c1-4-8(5-2)7(3)12-6-9(11)10(13)14/h7-9,12H,4-6,11H2,1-3H3,(H,13,14).